The molecule has 0 spiro atoms. The first-order chi connectivity index (χ1) is 15.4. The minimum absolute atomic E-state index is 0.576. The van der Waals surface area contributed by atoms with Gasteiger partial charge in [0.1, 0.15) is 0 Å². The molecule has 1 heteroatoms. The molecule has 1 aliphatic heterocycles. The second-order valence-corrected chi connectivity index (χ2v) is 9.90. The molecule has 0 saturated heterocycles. The molecule has 1 nitrogen and oxygen atoms in total. The lowest BCUT2D eigenvalue weighted by Crippen LogP contribution is -2.39. The summed E-state index contributed by atoms with van der Waals surface area (Å²) in [4.78, 5) is 2.72. The second kappa shape index (κ2) is 9.63. The maximum Gasteiger partial charge on any atom is 0.0242 e. The molecule has 2 unspecified atom stereocenters. The topological polar surface area (TPSA) is 3.24 Å². The second-order valence-electron chi connectivity index (χ2n) is 9.90. The lowest BCUT2D eigenvalue weighted by atomic mass is 9.80. The molecule has 0 aliphatic carbocycles. The number of aryl methyl sites for hydroxylation is 1. The van der Waals surface area contributed by atoms with Gasteiger partial charge in [0.15, 0.2) is 0 Å². The molecular formula is C31H39N. The molecule has 1 heterocycles. The van der Waals surface area contributed by atoms with Crippen molar-refractivity contribution in [2.45, 2.75) is 79.3 Å². The molecule has 3 aromatic rings. The van der Waals surface area contributed by atoms with Gasteiger partial charge in [-0.15, -0.1) is 0 Å². The predicted octanol–water partition coefficient (Wildman–Crippen LogP) is 7.78. The van der Waals surface area contributed by atoms with Crippen LogP contribution >= 0.6 is 0 Å². The summed E-state index contributed by atoms with van der Waals surface area (Å²) in [5.74, 6) is 0.584. The Bertz CT molecular complexity index is 1060. The van der Waals surface area contributed by atoms with Crippen LogP contribution in [-0.2, 0) is 19.4 Å². The number of benzene rings is 3. The van der Waals surface area contributed by atoms with Crippen LogP contribution in [0.3, 0.4) is 0 Å². The first-order valence-electron chi connectivity index (χ1n) is 12.4. The SMILES string of the molecule is CCc1c(C)c2c(c(C)c1-c1ccc(C)cc1)CN(C(C)CC(C)c1ccccc1)CC2. The summed E-state index contributed by atoms with van der Waals surface area (Å²) >= 11 is 0. The number of rotatable bonds is 6. The zero-order chi connectivity index (χ0) is 22.8. The maximum atomic E-state index is 2.72. The van der Waals surface area contributed by atoms with Crippen molar-refractivity contribution in [3.05, 3.63) is 93.5 Å². The Hall–Kier alpha value is -2.38. The number of nitrogens with zero attached hydrogens (tertiary/aromatic N) is 1. The molecule has 3 aromatic carbocycles. The summed E-state index contributed by atoms with van der Waals surface area (Å²) in [5, 5.41) is 0. The van der Waals surface area contributed by atoms with Crippen LogP contribution in [0.5, 0.6) is 0 Å². The van der Waals surface area contributed by atoms with Gasteiger partial charge in [0.2, 0.25) is 0 Å². The van der Waals surface area contributed by atoms with Gasteiger partial charge in [-0.3, -0.25) is 4.90 Å². The van der Waals surface area contributed by atoms with E-state index >= 15 is 0 Å². The molecule has 0 radical (unpaired) electrons. The van der Waals surface area contributed by atoms with Gasteiger partial charge in [0.25, 0.3) is 0 Å². The molecule has 0 aromatic heterocycles. The Morgan fingerprint density at radius 3 is 2.19 bits per heavy atom. The normalized spacial score (nSPS) is 15.9. The summed E-state index contributed by atoms with van der Waals surface area (Å²) < 4.78 is 0. The van der Waals surface area contributed by atoms with Crippen LogP contribution in [0, 0.1) is 20.8 Å². The van der Waals surface area contributed by atoms with E-state index in [0.29, 0.717) is 12.0 Å². The largest absolute Gasteiger partial charge is 0.296 e. The van der Waals surface area contributed by atoms with Gasteiger partial charge < -0.3 is 0 Å². The van der Waals surface area contributed by atoms with Crippen molar-refractivity contribution in [1.82, 2.24) is 4.90 Å². The molecule has 32 heavy (non-hydrogen) atoms. The third-order valence-corrected chi connectivity index (χ3v) is 7.79. The van der Waals surface area contributed by atoms with Crippen LogP contribution in [0.25, 0.3) is 11.1 Å². The zero-order valence-electron chi connectivity index (χ0n) is 20.8. The van der Waals surface area contributed by atoms with Gasteiger partial charge in [0.05, 0.1) is 0 Å². The molecule has 2 atom stereocenters. The minimum atomic E-state index is 0.576. The van der Waals surface area contributed by atoms with Gasteiger partial charge in [0, 0.05) is 19.1 Å². The van der Waals surface area contributed by atoms with E-state index in [-0.39, 0.29) is 0 Å². The molecule has 168 valence electrons. The summed E-state index contributed by atoms with van der Waals surface area (Å²) in [7, 11) is 0. The van der Waals surface area contributed by atoms with Gasteiger partial charge in [-0.25, -0.2) is 0 Å². The van der Waals surface area contributed by atoms with E-state index in [4.69, 9.17) is 0 Å². The van der Waals surface area contributed by atoms with Crippen molar-refractivity contribution in [1.29, 1.82) is 0 Å². The Morgan fingerprint density at radius 2 is 1.53 bits per heavy atom. The highest BCUT2D eigenvalue weighted by Crippen LogP contribution is 2.38. The fourth-order valence-electron chi connectivity index (χ4n) is 5.80. The Balaban J connectivity index is 1.64. The standard InChI is InChI=1S/C31H39N/c1-7-28-24(5)29-17-18-32(23(4)19-22(3)26-11-9-8-10-12-26)20-30(29)25(6)31(28)27-15-13-21(2)14-16-27/h8-16,22-23H,7,17-20H2,1-6H3. The van der Waals surface area contributed by atoms with Crippen LogP contribution in [-0.4, -0.2) is 17.5 Å². The molecule has 0 saturated carbocycles. The van der Waals surface area contributed by atoms with Crippen molar-refractivity contribution in [3.8, 4) is 11.1 Å². The van der Waals surface area contributed by atoms with Crippen molar-refractivity contribution in [2.75, 3.05) is 6.54 Å². The Kier molecular flexibility index (Phi) is 6.86. The molecule has 0 bridgehead atoms. The molecule has 4 rings (SSSR count). The maximum absolute atomic E-state index is 2.72. The van der Waals surface area contributed by atoms with Crippen LogP contribution in [0.1, 0.15) is 72.1 Å². The fraction of sp³-hybridized carbons (Fsp3) is 0.419. The van der Waals surface area contributed by atoms with E-state index in [0.717, 1.165) is 13.0 Å². The lowest BCUT2D eigenvalue weighted by Gasteiger charge is -2.37. The number of hydrogen-bond acceptors (Lipinski definition) is 1. The van der Waals surface area contributed by atoms with Gasteiger partial charge in [-0.1, -0.05) is 74.0 Å². The predicted molar refractivity (Wildman–Crippen MR) is 139 cm³/mol. The zero-order valence-corrected chi connectivity index (χ0v) is 20.8. The third kappa shape index (κ3) is 4.41. The van der Waals surface area contributed by atoms with Crippen LogP contribution in [0.15, 0.2) is 54.6 Å². The monoisotopic (exact) mass is 425 g/mol. The highest BCUT2D eigenvalue weighted by Gasteiger charge is 2.27. The third-order valence-electron chi connectivity index (χ3n) is 7.79. The first kappa shape index (κ1) is 22.8. The van der Waals surface area contributed by atoms with E-state index in [1.54, 1.807) is 16.7 Å². The quantitative estimate of drug-likeness (QED) is 0.390. The highest BCUT2D eigenvalue weighted by molar-refractivity contribution is 5.75. The summed E-state index contributed by atoms with van der Waals surface area (Å²) in [6.45, 7) is 16.3. The van der Waals surface area contributed by atoms with Crippen LogP contribution in [0.2, 0.25) is 0 Å². The molecule has 1 aliphatic rings. The molecular weight excluding hydrogens is 386 g/mol. The minimum Gasteiger partial charge on any atom is -0.296 e. The summed E-state index contributed by atoms with van der Waals surface area (Å²) in [6.07, 6.45) is 3.47. The average molecular weight is 426 g/mol. The van der Waals surface area contributed by atoms with Crippen molar-refractivity contribution in [3.63, 3.8) is 0 Å². The molecule has 0 N–H and O–H groups in total. The van der Waals surface area contributed by atoms with Crippen molar-refractivity contribution >= 4 is 0 Å². The average Bonchev–Trinajstić information content (AvgIpc) is 2.82. The van der Waals surface area contributed by atoms with E-state index in [9.17, 15) is 0 Å². The summed E-state index contributed by atoms with van der Waals surface area (Å²) in [5.41, 5.74) is 13.4. The van der Waals surface area contributed by atoms with Gasteiger partial charge in [-0.2, -0.15) is 0 Å². The lowest BCUT2D eigenvalue weighted by molar-refractivity contribution is 0.176. The Morgan fingerprint density at radius 1 is 0.844 bits per heavy atom. The van der Waals surface area contributed by atoms with Gasteiger partial charge >= 0.3 is 0 Å². The first-order valence-corrected chi connectivity index (χ1v) is 12.4. The molecule has 0 fully saturated rings. The van der Waals surface area contributed by atoms with E-state index in [2.05, 4.69) is 101 Å². The number of fused-ring (bicyclic) bond motifs is 1. The van der Waals surface area contributed by atoms with Crippen molar-refractivity contribution in [2.24, 2.45) is 0 Å². The Labute approximate surface area is 195 Å². The van der Waals surface area contributed by atoms with Crippen LogP contribution < -0.4 is 0 Å². The van der Waals surface area contributed by atoms with E-state index in [1.807, 2.05) is 0 Å². The molecule has 0 amide bonds. The van der Waals surface area contributed by atoms with E-state index < -0.39 is 0 Å². The van der Waals surface area contributed by atoms with Crippen LogP contribution in [0.4, 0.5) is 0 Å². The van der Waals surface area contributed by atoms with E-state index in [1.165, 1.54) is 52.8 Å². The smallest absolute Gasteiger partial charge is 0.0242 e. The fourth-order valence-corrected chi connectivity index (χ4v) is 5.80. The number of hydrogen-bond donors (Lipinski definition) is 0. The summed E-state index contributed by atoms with van der Waals surface area (Å²) in [6, 6.07) is 20.7. The highest BCUT2D eigenvalue weighted by atomic mass is 15.2. The van der Waals surface area contributed by atoms with Gasteiger partial charge in [-0.05, 0) is 97.4 Å². The van der Waals surface area contributed by atoms with Crippen molar-refractivity contribution < 1.29 is 0 Å².